The number of rotatable bonds is 5. The molecule has 7 nitrogen and oxygen atoms in total. The Morgan fingerprint density at radius 3 is 2.53 bits per heavy atom. The maximum atomic E-state index is 14.2. The predicted molar refractivity (Wildman–Crippen MR) is 136 cm³/mol. The average Bonchev–Trinajstić information content (AvgIpc) is 3.29. The van der Waals surface area contributed by atoms with E-state index in [9.17, 15) is 13.2 Å². The quantitative estimate of drug-likeness (QED) is 0.420. The van der Waals surface area contributed by atoms with E-state index in [2.05, 4.69) is 13.7 Å². The predicted octanol–water partition coefficient (Wildman–Crippen LogP) is 4.98. The summed E-state index contributed by atoms with van der Waals surface area (Å²) in [5.41, 5.74) is 4.75. The van der Waals surface area contributed by atoms with E-state index >= 15 is 0 Å². The zero-order valence-electron chi connectivity index (χ0n) is 19.6. The van der Waals surface area contributed by atoms with Gasteiger partial charge in [-0.2, -0.15) is 13.1 Å². The lowest BCUT2D eigenvalue weighted by atomic mass is 9.95. The molecule has 1 fully saturated rings. The lowest BCUT2D eigenvalue weighted by molar-refractivity contribution is 0.247. The second-order valence-corrected chi connectivity index (χ2v) is 11.6. The van der Waals surface area contributed by atoms with Crippen molar-refractivity contribution in [1.29, 1.82) is 0 Å². The van der Waals surface area contributed by atoms with Crippen LogP contribution in [-0.2, 0) is 16.6 Å². The van der Waals surface area contributed by atoms with E-state index < -0.39 is 10.0 Å². The summed E-state index contributed by atoms with van der Waals surface area (Å²) in [6, 6.07) is 9.26. The highest BCUT2D eigenvalue weighted by Crippen LogP contribution is 2.34. The Bertz CT molecular complexity index is 1550. The summed E-state index contributed by atoms with van der Waals surface area (Å²) in [5, 5.41) is 0.903. The molecule has 1 aliphatic carbocycles. The van der Waals surface area contributed by atoms with Crippen molar-refractivity contribution >= 4 is 43.7 Å². The lowest BCUT2D eigenvalue weighted by Crippen LogP contribution is -2.42. The van der Waals surface area contributed by atoms with Crippen LogP contribution in [0.1, 0.15) is 54.4 Å². The van der Waals surface area contributed by atoms with Crippen molar-refractivity contribution in [3.05, 3.63) is 62.9 Å². The fourth-order valence-electron chi connectivity index (χ4n) is 5.01. The summed E-state index contributed by atoms with van der Waals surface area (Å²) in [5.74, 6) is 0. The first-order chi connectivity index (χ1) is 16.3. The zero-order chi connectivity index (χ0) is 24.0. The van der Waals surface area contributed by atoms with Crippen LogP contribution in [0.15, 0.2) is 40.0 Å². The number of aromatic nitrogens is 3. The van der Waals surface area contributed by atoms with Crippen molar-refractivity contribution in [2.75, 3.05) is 0 Å². The Morgan fingerprint density at radius 2 is 1.76 bits per heavy atom. The molecule has 9 heteroatoms. The topological polar surface area (TPSA) is 96.0 Å². The van der Waals surface area contributed by atoms with Gasteiger partial charge in [-0.15, -0.1) is 0 Å². The van der Waals surface area contributed by atoms with Crippen LogP contribution in [0.3, 0.4) is 0 Å². The molecule has 0 aliphatic heterocycles. The maximum Gasteiger partial charge on any atom is 0.252 e. The maximum absolute atomic E-state index is 14.2. The van der Waals surface area contributed by atoms with Gasteiger partial charge in [-0.1, -0.05) is 37.5 Å². The van der Waals surface area contributed by atoms with Gasteiger partial charge >= 0.3 is 0 Å². The minimum Gasteiger partial charge on any atom is -0.321 e. The Morgan fingerprint density at radius 1 is 1.03 bits per heavy atom. The van der Waals surface area contributed by atoms with Crippen LogP contribution in [0.4, 0.5) is 0 Å². The molecule has 1 saturated carbocycles. The number of nitrogens with one attached hydrogen (secondary N) is 1. The number of hydrogen-bond donors (Lipinski definition) is 1. The van der Waals surface area contributed by atoms with E-state index in [1.165, 1.54) is 0 Å². The van der Waals surface area contributed by atoms with Gasteiger partial charge in [-0.05, 0) is 67.8 Å². The zero-order valence-corrected chi connectivity index (χ0v) is 21.2. The number of aryl methyl sites for hydroxylation is 3. The van der Waals surface area contributed by atoms with Crippen molar-refractivity contribution in [3.8, 4) is 0 Å². The normalized spacial score (nSPS) is 15.5. The Hall–Kier alpha value is -2.62. The van der Waals surface area contributed by atoms with Crippen molar-refractivity contribution < 1.29 is 8.42 Å². The lowest BCUT2D eigenvalue weighted by Gasteiger charge is -2.33. The smallest absolute Gasteiger partial charge is 0.252 e. The molecule has 2 aromatic heterocycles. The number of benzene rings is 2. The summed E-state index contributed by atoms with van der Waals surface area (Å²) in [6.45, 7) is 5.81. The molecule has 34 heavy (non-hydrogen) atoms. The molecular formula is C25H28N4O3S2. The summed E-state index contributed by atoms with van der Waals surface area (Å²) in [7, 11) is -3.93. The van der Waals surface area contributed by atoms with Gasteiger partial charge < -0.3 is 4.98 Å². The number of aromatic amines is 1. The SMILES string of the molecule is Cc1ccc2nsnc2c1S(=O)(=O)N(Cc1cc2ccc(C)c(C)c2[nH]c1=O)C1CCCCC1. The average molecular weight is 497 g/mol. The molecule has 5 rings (SSSR count). The van der Waals surface area contributed by atoms with Gasteiger partial charge in [0.1, 0.15) is 15.9 Å². The van der Waals surface area contributed by atoms with Gasteiger partial charge in [0.2, 0.25) is 10.0 Å². The number of sulfonamides is 1. The number of fused-ring (bicyclic) bond motifs is 2. The molecule has 0 radical (unpaired) electrons. The van der Waals surface area contributed by atoms with Crippen LogP contribution in [-0.4, -0.2) is 32.5 Å². The number of hydrogen-bond acceptors (Lipinski definition) is 6. The third-order valence-electron chi connectivity index (χ3n) is 7.08. The number of H-pyrrole nitrogens is 1. The molecule has 0 spiro atoms. The number of pyridine rings is 1. The van der Waals surface area contributed by atoms with E-state index in [-0.39, 0.29) is 23.0 Å². The van der Waals surface area contributed by atoms with E-state index in [4.69, 9.17) is 0 Å². The second kappa shape index (κ2) is 8.87. The minimum absolute atomic E-state index is 0.0264. The minimum atomic E-state index is -3.93. The molecule has 0 amide bonds. The Kier molecular flexibility index (Phi) is 6.03. The summed E-state index contributed by atoms with van der Waals surface area (Å²) in [4.78, 5) is 16.3. The first-order valence-electron chi connectivity index (χ1n) is 11.6. The summed E-state index contributed by atoms with van der Waals surface area (Å²) in [6.07, 6.45) is 4.63. The van der Waals surface area contributed by atoms with Gasteiger partial charge in [0.15, 0.2) is 0 Å². The second-order valence-electron chi connectivity index (χ2n) is 9.28. The van der Waals surface area contributed by atoms with E-state index in [1.54, 1.807) is 23.4 Å². The van der Waals surface area contributed by atoms with Crippen LogP contribution in [0.25, 0.3) is 21.9 Å². The third-order valence-corrected chi connectivity index (χ3v) is 9.70. The van der Waals surface area contributed by atoms with Crippen LogP contribution < -0.4 is 5.56 Å². The summed E-state index contributed by atoms with van der Waals surface area (Å²) >= 11 is 1.01. The molecule has 4 aromatic rings. The number of nitrogens with zero attached hydrogens (tertiary/aromatic N) is 3. The van der Waals surface area contributed by atoms with Crippen LogP contribution in [0.5, 0.6) is 0 Å². The molecule has 178 valence electrons. The highest BCUT2D eigenvalue weighted by molar-refractivity contribution is 7.89. The monoisotopic (exact) mass is 496 g/mol. The van der Waals surface area contributed by atoms with Gasteiger partial charge in [0.05, 0.1) is 17.2 Å². The molecule has 2 aromatic carbocycles. The van der Waals surface area contributed by atoms with Gasteiger partial charge in [0.25, 0.3) is 5.56 Å². The van der Waals surface area contributed by atoms with Gasteiger partial charge in [-0.3, -0.25) is 4.79 Å². The van der Waals surface area contributed by atoms with Crippen molar-refractivity contribution in [3.63, 3.8) is 0 Å². The van der Waals surface area contributed by atoms with Crippen molar-refractivity contribution in [2.45, 2.75) is 70.4 Å². The molecular weight excluding hydrogens is 468 g/mol. The molecule has 0 bridgehead atoms. The summed E-state index contributed by atoms with van der Waals surface area (Å²) < 4.78 is 38.5. The third kappa shape index (κ3) is 3.95. The molecule has 1 N–H and O–H groups in total. The highest BCUT2D eigenvalue weighted by atomic mass is 32.2. The molecule has 2 heterocycles. The highest BCUT2D eigenvalue weighted by Gasteiger charge is 2.36. The first-order valence-corrected chi connectivity index (χ1v) is 13.8. The van der Waals surface area contributed by atoms with E-state index in [0.717, 1.165) is 65.9 Å². The van der Waals surface area contributed by atoms with Crippen LogP contribution >= 0.6 is 11.7 Å². The van der Waals surface area contributed by atoms with Crippen LogP contribution in [0.2, 0.25) is 0 Å². The largest absolute Gasteiger partial charge is 0.321 e. The van der Waals surface area contributed by atoms with Gasteiger partial charge in [-0.25, -0.2) is 8.42 Å². The van der Waals surface area contributed by atoms with Crippen molar-refractivity contribution in [1.82, 2.24) is 18.0 Å². The first kappa shape index (κ1) is 23.1. The van der Waals surface area contributed by atoms with Crippen LogP contribution in [0, 0.1) is 20.8 Å². The molecule has 0 unspecified atom stereocenters. The van der Waals surface area contributed by atoms with Crippen molar-refractivity contribution in [2.24, 2.45) is 0 Å². The molecule has 0 atom stereocenters. The van der Waals surface area contributed by atoms with E-state index in [1.807, 2.05) is 32.0 Å². The van der Waals surface area contributed by atoms with Gasteiger partial charge in [0, 0.05) is 18.2 Å². The fraction of sp³-hybridized carbons (Fsp3) is 0.400. The van der Waals surface area contributed by atoms with E-state index in [0.29, 0.717) is 22.2 Å². The Labute approximate surface area is 203 Å². The Balaban J connectivity index is 1.65. The molecule has 0 saturated heterocycles. The molecule has 1 aliphatic rings. The standard InChI is InChI=1S/C25H28N4O3S2/c1-15-9-11-18-13-19(25(30)26-22(18)17(15)3)14-29(20-7-5-4-6-8-20)34(31,32)24-16(2)10-12-21-23(24)28-33-27-21/h9-13,20H,4-8,14H2,1-3H3,(H,26,30). The fourth-order valence-corrected chi connectivity index (χ4v) is 7.62.